The van der Waals surface area contributed by atoms with E-state index >= 15 is 0 Å². The predicted molar refractivity (Wildman–Crippen MR) is 84.8 cm³/mol. The number of carbonyl (C=O) groups is 2. The monoisotopic (exact) mass is 305 g/mol. The van der Waals surface area contributed by atoms with Crippen LogP contribution in [0.15, 0.2) is 24.3 Å². The van der Waals surface area contributed by atoms with E-state index in [-0.39, 0.29) is 18.4 Å². The van der Waals surface area contributed by atoms with Crippen LogP contribution in [0.1, 0.15) is 26.7 Å². The van der Waals surface area contributed by atoms with Crippen molar-refractivity contribution in [2.75, 3.05) is 24.6 Å². The van der Waals surface area contributed by atoms with Gasteiger partial charge < -0.3 is 20.7 Å². The van der Waals surface area contributed by atoms with E-state index in [4.69, 9.17) is 10.5 Å². The number of nitrogens with two attached hydrogens (primary N) is 1. The predicted octanol–water partition coefficient (Wildman–Crippen LogP) is 1.05. The molecule has 0 aliphatic carbocycles. The molecule has 0 radical (unpaired) electrons. The molecule has 0 saturated carbocycles. The molecule has 1 saturated heterocycles. The molecule has 1 heterocycles. The summed E-state index contributed by atoms with van der Waals surface area (Å²) in [5, 5.41) is 2.72. The first-order chi connectivity index (χ1) is 10.3. The maximum absolute atomic E-state index is 11.7. The molecule has 1 aromatic carbocycles. The third kappa shape index (κ3) is 4.73. The standard InChI is InChI=1S/C16H23N3O3/c1-16(2,17)11-18-14(20)10-22-13-6-3-5-12(9-13)19-8-4-7-15(19)21/h3,5-6,9H,4,7-8,10-11,17H2,1-2H3,(H,18,20). The third-order valence-electron chi connectivity index (χ3n) is 3.31. The van der Waals surface area contributed by atoms with Crippen LogP contribution in [0.3, 0.4) is 0 Å². The van der Waals surface area contributed by atoms with Gasteiger partial charge >= 0.3 is 0 Å². The van der Waals surface area contributed by atoms with Crippen molar-refractivity contribution in [3.63, 3.8) is 0 Å². The fourth-order valence-corrected chi connectivity index (χ4v) is 2.19. The quantitative estimate of drug-likeness (QED) is 0.822. The fourth-order valence-electron chi connectivity index (χ4n) is 2.19. The highest BCUT2D eigenvalue weighted by Crippen LogP contribution is 2.25. The number of ether oxygens (including phenoxy) is 1. The minimum Gasteiger partial charge on any atom is -0.484 e. The summed E-state index contributed by atoms with van der Waals surface area (Å²) in [4.78, 5) is 25.2. The van der Waals surface area contributed by atoms with Gasteiger partial charge in [-0.2, -0.15) is 0 Å². The molecule has 2 rings (SSSR count). The van der Waals surface area contributed by atoms with E-state index in [1.807, 2.05) is 26.0 Å². The Hall–Kier alpha value is -2.08. The molecule has 1 fully saturated rings. The first-order valence-electron chi connectivity index (χ1n) is 7.44. The number of hydrogen-bond acceptors (Lipinski definition) is 4. The van der Waals surface area contributed by atoms with Crippen molar-refractivity contribution in [1.29, 1.82) is 0 Å². The van der Waals surface area contributed by atoms with Crippen LogP contribution in [0.2, 0.25) is 0 Å². The lowest BCUT2D eigenvalue weighted by Crippen LogP contribution is -2.46. The van der Waals surface area contributed by atoms with Crippen LogP contribution in [0.4, 0.5) is 5.69 Å². The van der Waals surface area contributed by atoms with Gasteiger partial charge in [0.1, 0.15) is 5.75 Å². The van der Waals surface area contributed by atoms with Gasteiger partial charge in [0.05, 0.1) is 0 Å². The maximum Gasteiger partial charge on any atom is 0.258 e. The summed E-state index contributed by atoms with van der Waals surface area (Å²) in [6.45, 7) is 4.72. The van der Waals surface area contributed by atoms with Gasteiger partial charge in [0.25, 0.3) is 5.91 Å². The number of carbonyl (C=O) groups excluding carboxylic acids is 2. The maximum atomic E-state index is 11.7. The van der Waals surface area contributed by atoms with Crippen LogP contribution in [0, 0.1) is 0 Å². The SMILES string of the molecule is CC(C)(N)CNC(=O)COc1cccc(N2CCCC2=O)c1. The number of anilines is 1. The van der Waals surface area contributed by atoms with Crippen molar-refractivity contribution in [2.24, 2.45) is 5.73 Å². The van der Waals surface area contributed by atoms with Crippen LogP contribution >= 0.6 is 0 Å². The Balaban J connectivity index is 1.88. The van der Waals surface area contributed by atoms with E-state index in [1.54, 1.807) is 17.0 Å². The van der Waals surface area contributed by atoms with E-state index in [1.165, 1.54) is 0 Å². The minimum atomic E-state index is -0.453. The highest BCUT2D eigenvalue weighted by atomic mass is 16.5. The number of nitrogens with zero attached hydrogens (tertiary/aromatic N) is 1. The van der Waals surface area contributed by atoms with Gasteiger partial charge in [0, 0.05) is 36.8 Å². The van der Waals surface area contributed by atoms with Crippen molar-refractivity contribution in [3.8, 4) is 5.75 Å². The number of hydrogen-bond donors (Lipinski definition) is 2. The van der Waals surface area contributed by atoms with Gasteiger partial charge in [-0.1, -0.05) is 6.07 Å². The molecule has 120 valence electrons. The van der Waals surface area contributed by atoms with Gasteiger partial charge in [0.15, 0.2) is 6.61 Å². The Morgan fingerprint density at radius 3 is 2.86 bits per heavy atom. The molecule has 0 unspecified atom stereocenters. The zero-order chi connectivity index (χ0) is 16.2. The molecule has 6 nitrogen and oxygen atoms in total. The smallest absolute Gasteiger partial charge is 0.258 e. The summed E-state index contributed by atoms with van der Waals surface area (Å²) < 4.78 is 5.48. The molecule has 1 aromatic rings. The number of nitrogens with one attached hydrogen (secondary N) is 1. The first kappa shape index (κ1) is 16.3. The lowest BCUT2D eigenvalue weighted by molar-refractivity contribution is -0.123. The van der Waals surface area contributed by atoms with Crippen LogP contribution in [-0.4, -0.2) is 37.0 Å². The van der Waals surface area contributed by atoms with E-state index < -0.39 is 5.54 Å². The molecule has 3 N–H and O–H groups in total. The van der Waals surface area contributed by atoms with Crippen molar-refractivity contribution < 1.29 is 14.3 Å². The highest BCUT2D eigenvalue weighted by Gasteiger charge is 2.21. The lowest BCUT2D eigenvalue weighted by Gasteiger charge is -2.19. The van der Waals surface area contributed by atoms with Crippen LogP contribution in [0.5, 0.6) is 5.75 Å². The van der Waals surface area contributed by atoms with Gasteiger partial charge in [-0.05, 0) is 32.4 Å². The Morgan fingerprint density at radius 1 is 1.45 bits per heavy atom. The molecule has 2 amide bonds. The van der Waals surface area contributed by atoms with Gasteiger partial charge in [-0.25, -0.2) is 0 Å². The normalized spacial score (nSPS) is 15.0. The molecule has 1 aliphatic rings. The van der Waals surface area contributed by atoms with Gasteiger partial charge in [-0.3, -0.25) is 9.59 Å². The molecule has 6 heteroatoms. The molecule has 0 aromatic heterocycles. The number of benzene rings is 1. The molecular formula is C16H23N3O3. The van der Waals surface area contributed by atoms with Gasteiger partial charge in [0.2, 0.25) is 5.91 Å². The largest absolute Gasteiger partial charge is 0.484 e. The Bertz CT molecular complexity index is 552. The molecule has 0 atom stereocenters. The minimum absolute atomic E-state index is 0.0759. The van der Waals surface area contributed by atoms with E-state index in [0.717, 1.165) is 18.7 Å². The zero-order valence-electron chi connectivity index (χ0n) is 13.1. The number of amides is 2. The molecule has 1 aliphatic heterocycles. The van der Waals surface area contributed by atoms with Crippen molar-refractivity contribution in [2.45, 2.75) is 32.2 Å². The fraction of sp³-hybridized carbons (Fsp3) is 0.500. The van der Waals surface area contributed by atoms with Crippen molar-refractivity contribution >= 4 is 17.5 Å². The summed E-state index contributed by atoms with van der Waals surface area (Å²) in [6.07, 6.45) is 1.46. The topological polar surface area (TPSA) is 84.7 Å². The lowest BCUT2D eigenvalue weighted by atomic mass is 10.1. The highest BCUT2D eigenvalue weighted by molar-refractivity contribution is 5.95. The number of rotatable bonds is 6. The van der Waals surface area contributed by atoms with Crippen molar-refractivity contribution in [3.05, 3.63) is 24.3 Å². The Labute approximate surface area is 130 Å². The van der Waals surface area contributed by atoms with Crippen molar-refractivity contribution in [1.82, 2.24) is 5.32 Å². The second-order valence-electron chi connectivity index (χ2n) is 6.20. The van der Waals surface area contributed by atoms with E-state index in [2.05, 4.69) is 5.32 Å². The summed E-state index contributed by atoms with van der Waals surface area (Å²) in [7, 11) is 0. The molecular weight excluding hydrogens is 282 g/mol. The van der Waals surface area contributed by atoms with E-state index in [9.17, 15) is 9.59 Å². The summed E-state index contributed by atoms with van der Waals surface area (Å²) in [6, 6.07) is 7.23. The summed E-state index contributed by atoms with van der Waals surface area (Å²) >= 11 is 0. The summed E-state index contributed by atoms with van der Waals surface area (Å²) in [5.41, 5.74) is 6.16. The Morgan fingerprint density at radius 2 is 2.23 bits per heavy atom. The van der Waals surface area contributed by atoms with Crippen LogP contribution < -0.4 is 20.7 Å². The third-order valence-corrected chi connectivity index (χ3v) is 3.31. The Kier molecular flexibility index (Phi) is 5.03. The first-order valence-corrected chi connectivity index (χ1v) is 7.44. The van der Waals surface area contributed by atoms with Crippen LogP contribution in [0.25, 0.3) is 0 Å². The molecule has 0 spiro atoms. The average Bonchev–Trinajstić information content (AvgIpc) is 2.89. The molecule has 0 bridgehead atoms. The summed E-state index contributed by atoms with van der Waals surface area (Å²) in [5.74, 6) is 0.473. The van der Waals surface area contributed by atoms with E-state index in [0.29, 0.717) is 18.7 Å². The second-order valence-corrected chi connectivity index (χ2v) is 6.20. The van der Waals surface area contributed by atoms with Gasteiger partial charge in [-0.15, -0.1) is 0 Å². The zero-order valence-corrected chi connectivity index (χ0v) is 13.1. The average molecular weight is 305 g/mol. The second kappa shape index (κ2) is 6.79. The molecule has 22 heavy (non-hydrogen) atoms. The van der Waals surface area contributed by atoms with Crippen LogP contribution in [-0.2, 0) is 9.59 Å².